The van der Waals surface area contributed by atoms with Gasteiger partial charge in [0.2, 0.25) is 5.91 Å². The Labute approximate surface area is 169 Å². The molecule has 0 unspecified atom stereocenters. The quantitative estimate of drug-likeness (QED) is 0.673. The molecule has 28 heavy (non-hydrogen) atoms. The van der Waals surface area contributed by atoms with E-state index in [1.54, 1.807) is 24.6 Å². The van der Waals surface area contributed by atoms with Gasteiger partial charge in [0.05, 0.1) is 32.8 Å². The van der Waals surface area contributed by atoms with Gasteiger partial charge in [-0.15, -0.1) is 22.7 Å². The van der Waals surface area contributed by atoms with Gasteiger partial charge in [0, 0.05) is 18.8 Å². The Hall–Kier alpha value is -1.95. The maximum Gasteiger partial charge on any atom is 0.254 e. The van der Waals surface area contributed by atoms with Gasteiger partial charge in [-0.05, 0) is 31.5 Å². The molecule has 3 heterocycles. The summed E-state index contributed by atoms with van der Waals surface area (Å²) in [6, 6.07) is 5.34. The van der Waals surface area contributed by atoms with Crippen molar-refractivity contribution in [2.75, 3.05) is 18.4 Å². The van der Waals surface area contributed by atoms with Crippen molar-refractivity contribution in [1.29, 1.82) is 0 Å². The first-order valence-corrected chi connectivity index (χ1v) is 11.7. The van der Waals surface area contributed by atoms with Crippen LogP contribution in [0.5, 0.6) is 0 Å². The molecule has 0 bridgehead atoms. The Morgan fingerprint density at radius 3 is 2.89 bits per heavy atom. The molecule has 2 aromatic heterocycles. The number of benzene rings is 1. The number of amides is 1. The second-order valence-electron chi connectivity index (χ2n) is 6.50. The topological polar surface area (TPSA) is 92.3 Å². The lowest BCUT2D eigenvalue weighted by molar-refractivity contribution is -0.123. The summed E-state index contributed by atoms with van der Waals surface area (Å²) >= 11 is 2.55. The number of sulfonamides is 1. The minimum Gasteiger partial charge on any atom is -0.326 e. The Bertz CT molecular complexity index is 1130. The largest absolute Gasteiger partial charge is 0.326 e. The number of halogens is 1. The summed E-state index contributed by atoms with van der Waals surface area (Å²) in [7, 11) is -3.79. The molecule has 1 aromatic carbocycles. The van der Waals surface area contributed by atoms with Crippen LogP contribution in [0.3, 0.4) is 0 Å². The number of piperidine rings is 1. The average Bonchev–Trinajstić information content (AvgIpc) is 3.30. The third kappa shape index (κ3) is 3.66. The van der Waals surface area contributed by atoms with E-state index < -0.39 is 28.0 Å². The third-order valence-electron chi connectivity index (χ3n) is 4.63. The van der Waals surface area contributed by atoms with E-state index in [-0.39, 0.29) is 23.7 Å². The molecule has 1 N–H and O–H groups in total. The van der Waals surface area contributed by atoms with E-state index >= 15 is 0 Å². The summed E-state index contributed by atoms with van der Waals surface area (Å²) in [6.45, 7) is 1.45. The number of carbonyl (C=O) groups is 1. The van der Waals surface area contributed by atoms with Crippen molar-refractivity contribution in [3.63, 3.8) is 0 Å². The summed E-state index contributed by atoms with van der Waals surface area (Å²) in [4.78, 5) is 20.7. The maximum absolute atomic E-state index is 14.7. The monoisotopic (exact) mass is 440 g/mol. The van der Waals surface area contributed by atoms with Crippen LogP contribution in [0, 0.1) is 12.8 Å². The van der Waals surface area contributed by atoms with E-state index in [4.69, 9.17) is 0 Å². The van der Waals surface area contributed by atoms with Crippen molar-refractivity contribution >= 4 is 54.5 Å². The molecule has 1 amide bonds. The van der Waals surface area contributed by atoms with Crippen LogP contribution < -0.4 is 5.32 Å². The fraction of sp³-hybridized carbons (Fsp3) is 0.353. The highest BCUT2D eigenvalue weighted by Crippen LogP contribution is 2.29. The van der Waals surface area contributed by atoms with Crippen LogP contribution in [-0.2, 0) is 14.8 Å². The molecule has 0 saturated carbocycles. The first-order valence-electron chi connectivity index (χ1n) is 8.55. The van der Waals surface area contributed by atoms with Gasteiger partial charge in [-0.3, -0.25) is 4.79 Å². The van der Waals surface area contributed by atoms with Crippen molar-refractivity contribution in [3.05, 3.63) is 34.9 Å². The molecule has 1 fully saturated rings. The molecular formula is C17H17FN4O3S3. The van der Waals surface area contributed by atoms with Crippen molar-refractivity contribution in [1.82, 2.24) is 14.3 Å². The van der Waals surface area contributed by atoms with Crippen LogP contribution >= 0.6 is 22.7 Å². The van der Waals surface area contributed by atoms with Crippen molar-refractivity contribution in [2.24, 2.45) is 5.92 Å². The van der Waals surface area contributed by atoms with Crippen LogP contribution in [0.1, 0.15) is 11.4 Å². The van der Waals surface area contributed by atoms with Crippen LogP contribution in [-0.4, -0.2) is 47.9 Å². The van der Waals surface area contributed by atoms with Crippen LogP contribution in [0.15, 0.2) is 34.1 Å². The predicted octanol–water partition coefficient (Wildman–Crippen LogP) is 3.05. The number of hydrogen-bond donors (Lipinski definition) is 1. The molecule has 3 aromatic rings. The molecule has 11 heteroatoms. The van der Waals surface area contributed by atoms with Crippen molar-refractivity contribution in [2.45, 2.75) is 23.7 Å². The molecule has 7 nitrogen and oxygen atoms in total. The van der Waals surface area contributed by atoms with Crippen LogP contribution in [0.2, 0.25) is 0 Å². The van der Waals surface area contributed by atoms with Gasteiger partial charge in [-0.2, -0.15) is 4.31 Å². The third-order valence-corrected chi connectivity index (χ3v) is 8.66. The van der Waals surface area contributed by atoms with Crippen molar-refractivity contribution < 1.29 is 17.6 Å². The number of fused-ring (bicyclic) bond motifs is 1. The van der Waals surface area contributed by atoms with Crippen LogP contribution in [0.4, 0.5) is 10.1 Å². The summed E-state index contributed by atoms with van der Waals surface area (Å²) < 4.78 is 42.2. The molecular weight excluding hydrogens is 423 g/mol. The van der Waals surface area contributed by atoms with Gasteiger partial charge < -0.3 is 5.32 Å². The van der Waals surface area contributed by atoms with E-state index in [2.05, 4.69) is 15.3 Å². The van der Waals surface area contributed by atoms with Gasteiger partial charge in [0.15, 0.2) is 4.21 Å². The normalized spacial score (nSPS) is 21.1. The smallest absolute Gasteiger partial charge is 0.254 e. The highest BCUT2D eigenvalue weighted by molar-refractivity contribution is 7.91. The molecule has 1 saturated heterocycles. The number of carbonyl (C=O) groups excluding carboxylic acids is 1. The number of alkyl halides is 1. The fourth-order valence-corrected chi connectivity index (χ4v) is 6.53. The molecule has 1 aliphatic heterocycles. The summed E-state index contributed by atoms with van der Waals surface area (Å²) in [5.74, 6) is -1.35. The second-order valence-corrected chi connectivity index (χ2v) is 10.8. The molecule has 2 atom stereocenters. The zero-order valence-electron chi connectivity index (χ0n) is 14.8. The van der Waals surface area contributed by atoms with E-state index in [0.717, 1.165) is 25.9 Å². The average molecular weight is 441 g/mol. The van der Waals surface area contributed by atoms with E-state index in [1.165, 1.54) is 17.5 Å². The minimum atomic E-state index is -3.79. The zero-order chi connectivity index (χ0) is 19.9. The van der Waals surface area contributed by atoms with Gasteiger partial charge >= 0.3 is 0 Å². The lowest BCUT2D eigenvalue weighted by atomic mass is 9.95. The lowest BCUT2D eigenvalue weighted by Crippen LogP contribution is -2.48. The summed E-state index contributed by atoms with van der Waals surface area (Å²) in [5, 5.41) is 3.35. The predicted molar refractivity (Wildman–Crippen MR) is 107 cm³/mol. The molecule has 1 aliphatic rings. The van der Waals surface area contributed by atoms with Gasteiger partial charge in [-0.25, -0.2) is 22.8 Å². The van der Waals surface area contributed by atoms with Gasteiger partial charge in [0.25, 0.3) is 10.0 Å². The van der Waals surface area contributed by atoms with E-state index in [9.17, 15) is 17.6 Å². The summed E-state index contributed by atoms with van der Waals surface area (Å²) in [6.07, 6.45) is -0.181. The Balaban J connectivity index is 1.44. The first-order chi connectivity index (χ1) is 13.3. The first kappa shape index (κ1) is 19.4. The van der Waals surface area contributed by atoms with E-state index in [0.29, 0.717) is 10.7 Å². The molecule has 0 aliphatic carbocycles. The number of aromatic nitrogens is 2. The Morgan fingerprint density at radius 1 is 1.36 bits per heavy atom. The number of thiazole rings is 2. The molecule has 0 radical (unpaired) electrons. The van der Waals surface area contributed by atoms with E-state index in [1.807, 2.05) is 6.07 Å². The SMILES string of the molecule is Cc1ncc(S(=O)(=O)N2CC[C@H](C(=O)Nc3ccc4scnc4c3)[C@@H](F)C2)s1. The van der Waals surface area contributed by atoms with Gasteiger partial charge in [-0.1, -0.05) is 0 Å². The second kappa shape index (κ2) is 7.47. The standard InChI is InChI=1S/C17H17FN4O3S3/c1-10-19-7-16(27-10)28(24,25)22-5-4-12(13(18)8-22)17(23)21-11-2-3-15-14(6-11)20-9-26-15/h2-3,6-7,9,12-13H,4-5,8H2,1H3,(H,21,23)/t12-,13-/m0/s1. The zero-order valence-corrected chi connectivity index (χ0v) is 17.3. The highest BCUT2D eigenvalue weighted by Gasteiger charge is 2.39. The van der Waals surface area contributed by atoms with Crippen LogP contribution in [0.25, 0.3) is 10.2 Å². The molecule has 4 rings (SSSR count). The lowest BCUT2D eigenvalue weighted by Gasteiger charge is -2.32. The number of nitrogens with zero attached hydrogens (tertiary/aromatic N) is 3. The number of anilines is 1. The molecule has 0 spiro atoms. The minimum absolute atomic E-state index is 0.0862. The fourth-order valence-electron chi connectivity index (χ4n) is 3.15. The summed E-state index contributed by atoms with van der Waals surface area (Å²) in [5.41, 5.74) is 3.03. The Kier molecular flexibility index (Phi) is 5.17. The Morgan fingerprint density at radius 2 is 2.18 bits per heavy atom. The molecule has 148 valence electrons. The number of rotatable bonds is 4. The number of nitrogens with one attached hydrogen (secondary N) is 1. The number of hydrogen-bond acceptors (Lipinski definition) is 7. The van der Waals surface area contributed by atoms with Gasteiger partial charge in [0.1, 0.15) is 6.17 Å². The highest BCUT2D eigenvalue weighted by atomic mass is 32.2. The number of aryl methyl sites for hydroxylation is 1. The maximum atomic E-state index is 14.7. The van der Waals surface area contributed by atoms with Crippen molar-refractivity contribution in [3.8, 4) is 0 Å².